The molecule has 1 N–H and O–H groups in total. The molecule has 39 heavy (non-hydrogen) atoms. The summed E-state index contributed by atoms with van der Waals surface area (Å²) in [6.07, 6.45) is 1.42. The van der Waals surface area contributed by atoms with Crippen LogP contribution in [0.5, 0.6) is 11.5 Å². The van der Waals surface area contributed by atoms with E-state index in [1.165, 1.54) is 12.1 Å². The summed E-state index contributed by atoms with van der Waals surface area (Å²) in [7, 11) is 0. The molecule has 1 aliphatic heterocycles. The van der Waals surface area contributed by atoms with Gasteiger partial charge in [-0.3, -0.25) is 19.3 Å². The van der Waals surface area contributed by atoms with E-state index >= 15 is 0 Å². The van der Waals surface area contributed by atoms with Crippen molar-refractivity contribution in [2.24, 2.45) is 0 Å². The molecule has 0 aliphatic carbocycles. The Morgan fingerprint density at radius 1 is 0.949 bits per heavy atom. The van der Waals surface area contributed by atoms with E-state index in [2.05, 4.69) is 0 Å². The summed E-state index contributed by atoms with van der Waals surface area (Å²) in [4.78, 5) is 38.1. The second-order valence-corrected chi connectivity index (χ2v) is 9.05. The lowest BCUT2D eigenvalue weighted by Crippen LogP contribution is -2.36. The number of imide groups is 1. The maximum absolute atomic E-state index is 13.9. The fraction of sp³-hybridized carbons (Fsp3) is 0.148. The minimum absolute atomic E-state index is 0.00859. The number of thioether (sulfide) groups is 1. The van der Waals surface area contributed by atoms with Crippen molar-refractivity contribution in [3.63, 3.8) is 0 Å². The number of ether oxygens (including phenoxy) is 2. The second kappa shape index (κ2) is 12.0. The molecular weight excluding hydrogens is 540 g/mol. The zero-order valence-electron chi connectivity index (χ0n) is 20.3. The number of carbonyl (C=O) groups excluding carboxylic acids is 3. The van der Waals surface area contributed by atoms with Crippen LogP contribution in [-0.2, 0) is 16.2 Å². The molecule has 1 fully saturated rings. The third-order valence-corrected chi connectivity index (χ3v) is 6.30. The van der Waals surface area contributed by atoms with Gasteiger partial charge in [0.1, 0.15) is 19.0 Å². The number of amides is 3. The largest absolute Gasteiger partial charge is 0.490 e. The molecule has 202 valence electrons. The summed E-state index contributed by atoms with van der Waals surface area (Å²) in [6.45, 7) is 1.24. The average molecular weight is 561 g/mol. The molecule has 12 heteroatoms. The molecule has 0 aromatic heterocycles. The van der Waals surface area contributed by atoms with Crippen molar-refractivity contribution in [1.29, 1.82) is 0 Å². The molecule has 3 aromatic carbocycles. The fourth-order valence-corrected chi connectivity index (χ4v) is 4.35. The standard InChI is InChI=1S/C27H20F4N2O5S/c1-2-37-21-11-15(7-10-20(21)38-14-16-5-3-4-6-17(16)28)12-22-26(35)33(27(36)39-22)13-23(34)32-19-9-8-18(29)24(30)25(19)31/h3-12H,2,13-14H2,1H3,(H,32,34)/b22-12+. The first-order valence-electron chi connectivity index (χ1n) is 11.5. The molecule has 0 unspecified atom stereocenters. The van der Waals surface area contributed by atoms with Crippen molar-refractivity contribution in [3.05, 3.63) is 93.9 Å². The van der Waals surface area contributed by atoms with Crippen LogP contribution in [0.1, 0.15) is 18.1 Å². The van der Waals surface area contributed by atoms with Crippen LogP contribution in [0.15, 0.2) is 59.5 Å². The lowest BCUT2D eigenvalue weighted by atomic mass is 10.1. The van der Waals surface area contributed by atoms with Crippen molar-refractivity contribution >= 4 is 40.6 Å². The van der Waals surface area contributed by atoms with Gasteiger partial charge in [-0.2, -0.15) is 0 Å². The Balaban J connectivity index is 1.46. The van der Waals surface area contributed by atoms with Gasteiger partial charge < -0.3 is 14.8 Å². The zero-order valence-corrected chi connectivity index (χ0v) is 21.1. The van der Waals surface area contributed by atoms with Crippen LogP contribution in [0.3, 0.4) is 0 Å². The normalized spacial score (nSPS) is 14.2. The van der Waals surface area contributed by atoms with Gasteiger partial charge in [-0.15, -0.1) is 0 Å². The summed E-state index contributed by atoms with van der Waals surface area (Å²) in [5.41, 5.74) is 0.201. The number of hydrogen-bond donors (Lipinski definition) is 1. The Hall–Kier alpha value is -4.32. The zero-order chi connectivity index (χ0) is 28.1. The van der Waals surface area contributed by atoms with Gasteiger partial charge in [0.25, 0.3) is 11.1 Å². The summed E-state index contributed by atoms with van der Waals surface area (Å²) < 4.78 is 65.6. The third-order valence-electron chi connectivity index (χ3n) is 5.39. The van der Waals surface area contributed by atoms with Crippen molar-refractivity contribution in [3.8, 4) is 11.5 Å². The summed E-state index contributed by atoms with van der Waals surface area (Å²) >= 11 is 0.586. The quantitative estimate of drug-likeness (QED) is 0.200. The summed E-state index contributed by atoms with van der Waals surface area (Å²) in [6, 6.07) is 12.4. The van der Waals surface area contributed by atoms with E-state index in [-0.39, 0.29) is 11.5 Å². The van der Waals surface area contributed by atoms with E-state index in [1.54, 1.807) is 43.3 Å². The Morgan fingerprint density at radius 3 is 2.46 bits per heavy atom. The van der Waals surface area contributed by atoms with Gasteiger partial charge in [0.15, 0.2) is 29.0 Å². The first kappa shape index (κ1) is 27.7. The molecule has 1 aliphatic rings. The highest BCUT2D eigenvalue weighted by atomic mass is 32.2. The van der Waals surface area contributed by atoms with E-state index in [1.807, 2.05) is 5.32 Å². The first-order valence-corrected chi connectivity index (χ1v) is 12.3. The number of rotatable bonds is 9. The third kappa shape index (κ3) is 6.40. The lowest BCUT2D eigenvalue weighted by Gasteiger charge is -2.13. The second-order valence-electron chi connectivity index (χ2n) is 8.06. The predicted octanol–water partition coefficient (Wildman–Crippen LogP) is 5.90. The molecule has 4 rings (SSSR count). The molecule has 3 amide bonds. The van der Waals surface area contributed by atoms with Crippen molar-refractivity contribution in [2.75, 3.05) is 18.5 Å². The maximum atomic E-state index is 13.9. The average Bonchev–Trinajstić information content (AvgIpc) is 3.16. The highest BCUT2D eigenvalue weighted by Crippen LogP contribution is 2.35. The Labute approximate surface area is 224 Å². The van der Waals surface area contributed by atoms with E-state index in [4.69, 9.17) is 9.47 Å². The highest BCUT2D eigenvalue weighted by Gasteiger charge is 2.36. The van der Waals surface area contributed by atoms with Gasteiger partial charge in [-0.25, -0.2) is 17.6 Å². The number of nitrogens with one attached hydrogen (secondary N) is 1. The molecule has 0 radical (unpaired) electrons. The van der Waals surface area contributed by atoms with Gasteiger partial charge in [-0.05, 0) is 60.7 Å². The van der Waals surface area contributed by atoms with Crippen molar-refractivity contribution in [2.45, 2.75) is 13.5 Å². The van der Waals surface area contributed by atoms with Crippen LogP contribution in [0, 0.1) is 23.3 Å². The highest BCUT2D eigenvalue weighted by molar-refractivity contribution is 8.18. The lowest BCUT2D eigenvalue weighted by molar-refractivity contribution is -0.127. The van der Waals surface area contributed by atoms with Crippen LogP contribution >= 0.6 is 11.8 Å². The van der Waals surface area contributed by atoms with E-state index in [9.17, 15) is 31.9 Å². The van der Waals surface area contributed by atoms with Gasteiger partial charge in [0.05, 0.1) is 17.2 Å². The molecule has 7 nitrogen and oxygen atoms in total. The fourth-order valence-electron chi connectivity index (χ4n) is 3.52. The van der Waals surface area contributed by atoms with Gasteiger partial charge in [0.2, 0.25) is 5.91 Å². The van der Waals surface area contributed by atoms with Crippen LogP contribution in [0.25, 0.3) is 6.08 Å². The molecule has 0 spiro atoms. The first-order chi connectivity index (χ1) is 18.7. The SMILES string of the molecule is CCOc1cc(/C=C2/SC(=O)N(CC(=O)Nc3ccc(F)c(F)c3F)C2=O)ccc1OCc1ccccc1F. The van der Waals surface area contributed by atoms with Crippen molar-refractivity contribution < 1.29 is 41.4 Å². The minimum atomic E-state index is -1.77. The Kier molecular flexibility index (Phi) is 8.55. The van der Waals surface area contributed by atoms with Crippen LogP contribution in [-0.4, -0.2) is 35.1 Å². The van der Waals surface area contributed by atoms with Crippen molar-refractivity contribution in [1.82, 2.24) is 4.90 Å². The number of anilines is 1. The molecular formula is C27H20F4N2O5S. The maximum Gasteiger partial charge on any atom is 0.294 e. The van der Waals surface area contributed by atoms with E-state index in [0.717, 1.165) is 6.07 Å². The number of carbonyl (C=O) groups is 3. The molecule has 0 saturated carbocycles. The molecule has 0 bridgehead atoms. The molecule has 3 aromatic rings. The minimum Gasteiger partial charge on any atom is -0.490 e. The van der Waals surface area contributed by atoms with Crippen LogP contribution in [0.2, 0.25) is 0 Å². The number of halogens is 4. The van der Waals surface area contributed by atoms with Gasteiger partial charge in [-0.1, -0.05) is 24.3 Å². The summed E-state index contributed by atoms with van der Waals surface area (Å²) in [5.74, 6) is -6.31. The number of nitrogens with zero attached hydrogens (tertiary/aromatic N) is 1. The van der Waals surface area contributed by atoms with Crippen LogP contribution in [0.4, 0.5) is 28.0 Å². The number of benzene rings is 3. The molecule has 1 heterocycles. The monoisotopic (exact) mass is 560 g/mol. The van der Waals surface area contributed by atoms with Gasteiger partial charge in [0, 0.05) is 5.56 Å². The topological polar surface area (TPSA) is 84.9 Å². The van der Waals surface area contributed by atoms with Crippen LogP contribution < -0.4 is 14.8 Å². The molecule has 0 atom stereocenters. The van der Waals surface area contributed by atoms with E-state index in [0.29, 0.717) is 52.0 Å². The Bertz CT molecular complexity index is 1480. The predicted molar refractivity (Wildman–Crippen MR) is 136 cm³/mol. The molecule has 1 saturated heterocycles. The van der Waals surface area contributed by atoms with E-state index < -0.39 is 52.6 Å². The summed E-state index contributed by atoms with van der Waals surface area (Å²) in [5, 5.41) is 1.27. The van der Waals surface area contributed by atoms with Gasteiger partial charge >= 0.3 is 0 Å². The smallest absolute Gasteiger partial charge is 0.294 e. The Morgan fingerprint density at radius 2 is 1.72 bits per heavy atom. The number of hydrogen-bond acceptors (Lipinski definition) is 6.